The smallest absolute Gasteiger partial charge is 0.295 e. The molecule has 0 bridgehead atoms. The van der Waals surface area contributed by atoms with E-state index in [1.807, 2.05) is 24.4 Å². The number of fused-ring (bicyclic) bond motifs is 1. The van der Waals surface area contributed by atoms with Crippen molar-refractivity contribution in [2.24, 2.45) is 0 Å². The number of rotatable bonds is 8. The maximum atomic E-state index is 13.3. The molecule has 1 aliphatic heterocycles. The molecule has 4 aromatic rings. The zero-order chi connectivity index (χ0) is 27.7. The Labute approximate surface area is 223 Å². The van der Waals surface area contributed by atoms with E-state index in [1.54, 1.807) is 31.4 Å². The second kappa shape index (κ2) is 10.3. The van der Waals surface area contributed by atoms with Crippen LogP contribution in [-0.4, -0.2) is 52.4 Å². The molecule has 2 heterocycles. The maximum absolute atomic E-state index is 13.3. The molecule has 39 heavy (non-hydrogen) atoms. The Morgan fingerprint density at radius 3 is 2.44 bits per heavy atom. The predicted octanol–water partition coefficient (Wildman–Crippen LogP) is 4.76. The number of nitro benzene ring substituents is 1. The highest BCUT2D eigenvalue weighted by Crippen LogP contribution is 2.40. The Hall–Kier alpha value is -5.12. The maximum Gasteiger partial charge on any atom is 0.295 e. The third-order valence-corrected chi connectivity index (χ3v) is 6.90. The topological polar surface area (TPSA) is 135 Å². The zero-order valence-electron chi connectivity index (χ0n) is 21.2. The molecule has 1 aliphatic rings. The number of H-pyrrole nitrogens is 1. The summed E-state index contributed by atoms with van der Waals surface area (Å²) in [6.07, 6.45) is 2.25. The van der Waals surface area contributed by atoms with Crippen LogP contribution < -0.4 is 9.47 Å². The minimum atomic E-state index is -0.947. The highest BCUT2D eigenvalue weighted by molar-refractivity contribution is 6.46. The molecule has 5 rings (SSSR count). The number of Topliss-reactive ketones (excluding diaryl/α,β-unsaturated/α-hetero) is 1. The van der Waals surface area contributed by atoms with Crippen molar-refractivity contribution in [1.82, 2.24) is 9.88 Å². The van der Waals surface area contributed by atoms with E-state index in [-0.39, 0.29) is 23.6 Å². The van der Waals surface area contributed by atoms with Crippen LogP contribution in [0.2, 0.25) is 0 Å². The molecule has 0 saturated carbocycles. The summed E-state index contributed by atoms with van der Waals surface area (Å²) in [4.78, 5) is 42.0. The average Bonchev–Trinajstić information content (AvgIpc) is 3.48. The molecular weight excluding hydrogens is 502 g/mol. The molecule has 198 valence electrons. The minimum Gasteiger partial charge on any atom is -0.507 e. The Balaban J connectivity index is 1.57. The lowest BCUT2D eigenvalue weighted by Gasteiger charge is -2.25. The van der Waals surface area contributed by atoms with Gasteiger partial charge in [-0.1, -0.05) is 12.1 Å². The molecule has 1 amide bonds. The number of nitrogens with one attached hydrogen (secondary N) is 1. The SMILES string of the molecule is COc1cccc(C(O)=C2C(=O)C(=O)N(CCc3c[nH]c4ccc(OC)cc34)[C@H]2c2ccc([N+](=O)[O-])cc2)c1. The van der Waals surface area contributed by atoms with Crippen molar-refractivity contribution in [3.05, 3.63) is 105 Å². The molecule has 10 heteroatoms. The van der Waals surface area contributed by atoms with Crippen molar-refractivity contribution >= 4 is 34.0 Å². The van der Waals surface area contributed by atoms with Gasteiger partial charge < -0.3 is 24.5 Å². The second-order valence-electron chi connectivity index (χ2n) is 9.05. The fraction of sp³-hybridized carbons (Fsp3) is 0.172. The molecule has 10 nitrogen and oxygen atoms in total. The van der Waals surface area contributed by atoms with Crippen LogP contribution >= 0.6 is 0 Å². The van der Waals surface area contributed by atoms with E-state index in [2.05, 4.69) is 4.98 Å². The van der Waals surface area contributed by atoms with E-state index in [0.717, 1.165) is 16.5 Å². The third-order valence-electron chi connectivity index (χ3n) is 6.90. The summed E-state index contributed by atoms with van der Waals surface area (Å²) in [5.74, 6) is -0.794. The molecular formula is C29H25N3O7. The van der Waals surface area contributed by atoms with Crippen molar-refractivity contribution in [3.8, 4) is 11.5 Å². The van der Waals surface area contributed by atoms with Crippen LogP contribution in [0.4, 0.5) is 5.69 Å². The monoisotopic (exact) mass is 527 g/mol. The van der Waals surface area contributed by atoms with Crippen molar-refractivity contribution in [1.29, 1.82) is 0 Å². The normalized spacial score (nSPS) is 16.6. The van der Waals surface area contributed by atoms with Gasteiger partial charge in [0.05, 0.1) is 30.8 Å². The fourth-order valence-corrected chi connectivity index (χ4v) is 4.89. The van der Waals surface area contributed by atoms with Gasteiger partial charge in [0.2, 0.25) is 0 Å². The number of nitrogens with zero attached hydrogens (tertiary/aromatic N) is 2. The lowest BCUT2D eigenvalue weighted by atomic mass is 9.95. The standard InChI is InChI=1S/C29H25N3O7/c1-38-21-5-3-4-18(14-21)27(33)25-26(17-6-8-20(9-7-17)32(36)37)31(29(35)28(25)34)13-12-19-16-30-24-11-10-22(39-2)15-23(19)24/h3-11,14-16,26,30,33H,12-13H2,1-2H3/t26-/m0/s1. The zero-order valence-corrected chi connectivity index (χ0v) is 21.2. The van der Waals surface area contributed by atoms with E-state index in [1.165, 1.54) is 36.3 Å². The van der Waals surface area contributed by atoms with Gasteiger partial charge in [0.1, 0.15) is 17.3 Å². The van der Waals surface area contributed by atoms with E-state index >= 15 is 0 Å². The van der Waals surface area contributed by atoms with Gasteiger partial charge in [-0.05, 0) is 60.0 Å². The molecule has 1 fully saturated rings. The summed E-state index contributed by atoms with van der Waals surface area (Å²) in [6, 6.07) is 16.8. The molecule has 0 radical (unpaired) electrons. The number of hydrogen-bond donors (Lipinski definition) is 2. The van der Waals surface area contributed by atoms with Gasteiger partial charge in [0.15, 0.2) is 0 Å². The number of amides is 1. The van der Waals surface area contributed by atoms with Gasteiger partial charge in [-0.2, -0.15) is 0 Å². The number of carbonyl (C=O) groups is 2. The number of likely N-dealkylation sites (tertiary alicyclic amines) is 1. The van der Waals surface area contributed by atoms with E-state index in [4.69, 9.17) is 9.47 Å². The van der Waals surface area contributed by atoms with Gasteiger partial charge >= 0.3 is 0 Å². The van der Waals surface area contributed by atoms with Crippen LogP contribution in [0.3, 0.4) is 0 Å². The summed E-state index contributed by atoms with van der Waals surface area (Å²) < 4.78 is 10.6. The number of aromatic amines is 1. The van der Waals surface area contributed by atoms with E-state index < -0.39 is 22.7 Å². The number of non-ortho nitro benzene ring substituents is 1. The number of aliphatic hydroxyl groups excluding tert-OH is 1. The summed E-state index contributed by atoms with van der Waals surface area (Å²) in [7, 11) is 3.06. The first kappa shape index (κ1) is 25.5. The number of ketones is 1. The number of hydrogen-bond acceptors (Lipinski definition) is 7. The van der Waals surface area contributed by atoms with Crippen molar-refractivity contribution in [3.63, 3.8) is 0 Å². The number of aliphatic hydroxyl groups is 1. The first-order valence-corrected chi connectivity index (χ1v) is 12.1. The van der Waals surface area contributed by atoms with E-state index in [9.17, 15) is 24.8 Å². The number of nitro groups is 1. The van der Waals surface area contributed by atoms with E-state index in [0.29, 0.717) is 29.0 Å². The van der Waals surface area contributed by atoms with Crippen LogP contribution in [-0.2, 0) is 16.0 Å². The Kier molecular flexibility index (Phi) is 6.76. The Morgan fingerprint density at radius 1 is 1.03 bits per heavy atom. The molecule has 1 atom stereocenters. The second-order valence-corrected chi connectivity index (χ2v) is 9.05. The highest BCUT2D eigenvalue weighted by Gasteiger charge is 2.46. The minimum absolute atomic E-state index is 0.0947. The lowest BCUT2D eigenvalue weighted by Crippen LogP contribution is -2.31. The highest BCUT2D eigenvalue weighted by atomic mass is 16.6. The predicted molar refractivity (Wildman–Crippen MR) is 144 cm³/mol. The summed E-state index contributed by atoms with van der Waals surface area (Å²) in [6.45, 7) is 0.158. The Bertz CT molecular complexity index is 1620. The van der Waals surface area contributed by atoms with Crippen LogP contribution in [0.5, 0.6) is 11.5 Å². The van der Waals surface area contributed by atoms with Crippen LogP contribution in [0, 0.1) is 10.1 Å². The summed E-state index contributed by atoms with van der Waals surface area (Å²) >= 11 is 0. The largest absolute Gasteiger partial charge is 0.507 e. The average molecular weight is 528 g/mol. The molecule has 0 unspecified atom stereocenters. The number of aromatic nitrogens is 1. The van der Waals surface area contributed by atoms with Gasteiger partial charge in [0.25, 0.3) is 17.4 Å². The van der Waals surface area contributed by atoms with Crippen molar-refractivity contribution in [2.75, 3.05) is 20.8 Å². The number of carbonyl (C=O) groups excluding carboxylic acids is 2. The Morgan fingerprint density at radius 2 is 1.74 bits per heavy atom. The molecule has 1 aromatic heterocycles. The first-order chi connectivity index (χ1) is 18.8. The van der Waals surface area contributed by atoms with Gasteiger partial charge in [0, 0.05) is 41.3 Å². The van der Waals surface area contributed by atoms with Crippen LogP contribution in [0.1, 0.15) is 22.7 Å². The first-order valence-electron chi connectivity index (χ1n) is 12.1. The molecule has 0 aliphatic carbocycles. The number of benzene rings is 3. The summed E-state index contributed by atoms with van der Waals surface area (Å²) in [5.41, 5.74) is 2.37. The van der Waals surface area contributed by atoms with Gasteiger partial charge in [-0.3, -0.25) is 19.7 Å². The van der Waals surface area contributed by atoms with Gasteiger partial charge in [-0.25, -0.2) is 0 Å². The van der Waals surface area contributed by atoms with Crippen LogP contribution in [0.15, 0.2) is 78.5 Å². The molecule has 2 N–H and O–H groups in total. The third kappa shape index (κ3) is 4.68. The lowest BCUT2D eigenvalue weighted by molar-refractivity contribution is -0.384. The molecule has 0 spiro atoms. The summed E-state index contributed by atoms with van der Waals surface area (Å²) in [5, 5.41) is 23.4. The van der Waals surface area contributed by atoms with Crippen molar-refractivity contribution in [2.45, 2.75) is 12.5 Å². The van der Waals surface area contributed by atoms with Crippen molar-refractivity contribution < 1.29 is 29.1 Å². The number of methoxy groups -OCH3 is 2. The molecule has 3 aromatic carbocycles. The fourth-order valence-electron chi connectivity index (χ4n) is 4.89. The van der Waals surface area contributed by atoms with Crippen LogP contribution in [0.25, 0.3) is 16.7 Å². The van der Waals surface area contributed by atoms with Gasteiger partial charge in [-0.15, -0.1) is 0 Å². The number of ether oxygens (including phenoxy) is 2. The quantitative estimate of drug-likeness (QED) is 0.111. The molecule has 1 saturated heterocycles.